The number of allylic oxidation sites excluding steroid dienone is 2. The molecule has 0 saturated heterocycles. The first-order valence-corrected chi connectivity index (χ1v) is 12.7. The Morgan fingerprint density at radius 2 is 1.88 bits per heavy atom. The maximum absolute atomic E-state index is 13.6. The van der Waals surface area contributed by atoms with E-state index in [-0.39, 0.29) is 12.0 Å². The molecule has 3 atom stereocenters. The Kier molecular flexibility index (Phi) is 4.44. The highest BCUT2D eigenvalue weighted by molar-refractivity contribution is 7.92. The number of hydrogen-bond donors (Lipinski definition) is 1. The largest absolute Gasteiger partial charge is 0.378 e. The number of anilines is 2. The topological polar surface area (TPSA) is 49.4 Å². The average Bonchev–Trinajstić information content (AvgIpc) is 3.46. The second kappa shape index (κ2) is 7.24. The van der Waals surface area contributed by atoms with Gasteiger partial charge in [-0.25, -0.2) is 8.42 Å². The zero-order valence-electron chi connectivity index (χ0n) is 18.0. The van der Waals surface area contributed by atoms with Gasteiger partial charge in [-0.05, 0) is 66.6 Å². The van der Waals surface area contributed by atoms with Crippen molar-refractivity contribution in [3.63, 3.8) is 0 Å². The summed E-state index contributed by atoms with van der Waals surface area (Å²) in [5.41, 5.74) is 6.56. The number of fused-ring (bicyclic) bond motifs is 4. The molecule has 3 aliphatic rings. The van der Waals surface area contributed by atoms with Crippen LogP contribution in [0.3, 0.4) is 0 Å². The lowest BCUT2D eigenvalue weighted by Gasteiger charge is -2.38. The maximum Gasteiger partial charge on any atom is 0.264 e. The van der Waals surface area contributed by atoms with Crippen molar-refractivity contribution in [2.24, 2.45) is 5.92 Å². The number of rotatable bonds is 3. The van der Waals surface area contributed by atoms with Crippen molar-refractivity contribution in [1.29, 1.82) is 0 Å². The van der Waals surface area contributed by atoms with Crippen LogP contribution < -0.4 is 9.62 Å². The van der Waals surface area contributed by atoms with Crippen molar-refractivity contribution < 1.29 is 8.42 Å². The highest BCUT2D eigenvalue weighted by Gasteiger charge is 2.39. The lowest BCUT2D eigenvalue weighted by atomic mass is 9.77. The molecule has 32 heavy (non-hydrogen) atoms. The molecule has 0 aromatic heterocycles. The second-order valence-corrected chi connectivity index (χ2v) is 11.0. The van der Waals surface area contributed by atoms with Gasteiger partial charge in [0.2, 0.25) is 0 Å². The normalized spacial score (nSPS) is 23.4. The van der Waals surface area contributed by atoms with Gasteiger partial charge in [0.15, 0.2) is 0 Å². The molecule has 0 spiro atoms. The fourth-order valence-electron chi connectivity index (χ4n) is 5.61. The van der Waals surface area contributed by atoms with Crippen LogP contribution in [0.15, 0.2) is 83.8 Å². The molecule has 0 bridgehead atoms. The molecule has 0 fully saturated rings. The molecule has 2 aliphatic heterocycles. The number of nitrogens with one attached hydrogen (secondary N) is 1. The van der Waals surface area contributed by atoms with Crippen molar-refractivity contribution in [2.45, 2.75) is 36.6 Å². The molecule has 162 valence electrons. The summed E-state index contributed by atoms with van der Waals surface area (Å²) in [6.45, 7) is 2.62. The molecule has 3 aromatic carbocycles. The third-order valence-electron chi connectivity index (χ3n) is 7.17. The molecule has 0 saturated carbocycles. The molecule has 1 aliphatic carbocycles. The quantitative estimate of drug-likeness (QED) is 0.539. The summed E-state index contributed by atoms with van der Waals surface area (Å²) in [6, 6.07) is 22.3. The van der Waals surface area contributed by atoms with Crippen LogP contribution in [0.2, 0.25) is 0 Å². The minimum Gasteiger partial charge on any atom is -0.378 e. The number of sulfonamides is 1. The molecule has 3 aromatic rings. The van der Waals surface area contributed by atoms with Gasteiger partial charge in [0, 0.05) is 18.2 Å². The van der Waals surface area contributed by atoms with Gasteiger partial charge in [-0.15, -0.1) is 0 Å². The van der Waals surface area contributed by atoms with E-state index < -0.39 is 10.0 Å². The Hall–Kier alpha value is -3.05. The van der Waals surface area contributed by atoms with Gasteiger partial charge in [-0.3, -0.25) is 4.31 Å². The lowest BCUT2D eigenvalue weighted by Crippen LogP contribution is -2.31. The fraction of sp³-hybridized carbons (Fsp3) is 0.259. The van der Waals surface area contributed by atoms with Gasteiger partial charge < -0.3 is 5.32 Å². The van der Waals surface area contributed by atoms with E-state index in [1.165, 1.54) is 11.1 Å². The molecule has 6 rings (SSSR count). The van der Waals surface area contributed by atoms with Gasteiger partial charge >= 0.3 is 0 Å². The van der Waals surface area contributed by atoms with Crippen LogP contribution >= 0.6 is 0 Å². The Morgan fingerprint density at radius 1 is 1.00 bits per heavy atom. The van der Waals surface area contributed by atoms with Crippen LogP contribution in [0.4, 0.5) is 11.4 Å². The van der Waals surface area contributed by atoms with Crippen LogP contribution in [0, 0.1) is 12.8 Å². The van der Waals surface area contributed by atoms with Gasteiger partial charge in [0.05, 0.1) is 16.6 Å². The van der Waals surface area contributed by atoms with E-state index in [0.29, 0.717) is 17.4 Å². The van der Waals surface area contributed by atoms with Crippen LogP contribution in [0.25, 0.3) is 0 Å². The molecule has 4 nitrogen and oxygen atoms in total. The average molecular weight is 443 g/mol. The molecule has 5 heteroatoms. The summed E-state index contributed by atoms with van der Waals surface area (Å²) in [4.78, 5) is 0.378. The summed E-state index contributed by atoms with van der Waals surface area (Å²) in [7, 11) is -3.60. The predicted molar refractivity (Wildman–Crippen MR) is 129 cm³/mol. The first kappa shape index (κ1) is 19.6. The van der Waals surface area contributed by atoms with Gasteiger partial charge in [0.1, 0.15) is 0 Å². The Labute approximate surface area is 189 Å². The summed E-state index contributed by atoms with van der Waals surface area (Å²) in [5, 5.41) is 3.73. The minimum absolute atomic E-state index is 0.218. The van der Waals surface area contributed by atoms with E-state index in [2.05, 4.69) is 48.7 Å². The third kappa shape index (κ3) is 2.99. The summed E-state index contributed by atoms with van der Waals surface area (Å²) < 4.78 is 28.7. The van der Waals surface area contributed by atoms with Gasteiger partial charge in [0.25, 0.3) is 10.0 Å². The number of nitrogens with zero attached hydrogens (tertiary/aromatic N) is 1. The number of hydrogen-bond acceptors (Lipinski definition) is 3. The first-order chi connectivity index (χ1) is 15.5. The van der Waals surface area contributed by atoms with Gasteiger partial charge in [-0.1, -0.05) is 60.2 Å². The van der Waals surface area contributed by atoms with E-state index in [1.807, 2.05) is 36.4 Å². The van der Waals surface area contributed by atoms with Crippen molar-refractivity contribution in [1.82, 2.24) is 0 Å². The molecule has 0 amide bonds. The van der Waals surface area contributed by atoms with E-state index in [9.17, 15) is 8.42 Å². The van der Waals surface area contributed by atoms with Crippen molar-refractivity contribution in [3.05, 3.63) is 101 Å². The van der Waals surface area contributed by atoms with E-state index >= 15 is 0 Å². The molecule has 0 radical (unpaired) electrons. The Morgan fingerprint density at radius 3 is 2.75 bits per heavy atom. The summed E-state index contributed by atoms with van der Waals surface area (Å²) in [6.07, 6.45) is 6.25. The highest BCUT2D eigenvalue weighted by Crippen LogP contribution is 2.50. The smallest absolute Gasteiger partial charge is 0.264 e. The SMILES string of the molecule is Cc1cccc(C2Nc3ccc(S(=O)(=O)N4CCc5ccccc54)cc3C3C=CCC32)c1. The van der Waals surface area contributed by atoms with Crippen molar-refractivity contribution in [2.75, 3.05) is 16.2 Å². The lowest BCUT2D eigenvalue weighted by molar-refractivity contribution is 0.425. The molecular weight excluding hydrogens is 416 g/mol. The number of aryl methyl sites for hydroxylation is 1. The van der Waals surface area contributed by atoms with Crippen LogP contribution in [-0.2, 0) is 16.4 Å². The Bertz CT molecular complexity index is 1350. The van der Waals surface area contributed by atoms with Crippen molar-refractivity contribution >= 4 is 21.4 Å². The molecular formula is C27H26N2O2S. The summed E-state index contributed by atoms with van der Waals surface area (Å²) in [5.74, 6) is 0.604. The number of benzene rings is 3. The van der Waals surface area contributed by atoms with Gasteiger partial charge in [-0.2, -0.15) is 0 Å². The van der Waals surface area contributed by atoms with Crippen LogP contribution in [0.5, 0.6) is 0 Å². The fourth-order valence-corrected chi connectivity index (χ4v) is 7.15. The molecule has 2 heterocycles. The molecule has 1 N–H and O–H groups in total. The Balaban J connectivity index is 1.39. The van der Waals surface area contributed by atoms with Crippen molar-refractivity contribution in [3.8, 4) is 0 Å². The van der Waals surface area contributed by atoms with Crippen LogP contribution in [-0.4, -0.2) is 15.0 Å². The van der Waals surface area contributed by atoms with E-state index in [0.717, 1.165) is 35.3 Å². The standard InChI is InChI=1S/C27H26N2O2S/c1-18-6-4-8-20(16-18)27-23-10-5-9-22(23)24-17-21(12-13-25(24)28-27)32(30,31)29-15-14-19-7-2-3-11-26(19)29/h2-9,11-13,16-17,22-23,27-28H,10,14-15H2,1H3. The summed E-state index contributed by atoms with van der Waals surface area (Å²) >= 11 is 0. The zero-order chi connectivity index (χ0) is 21.9. The first-order valence-electron chi connectivity index (χ1n) is 11.3. The zero-order valence-corrected chi connectivity index (χ0v) is 18.8. The minimum atomic E-state index is -3.60. The maximum atomic E-state index is 13.6. The highest BCUT2D eigenvalue weighted by atomic mass is 32.2. The third-order valence-corrected chi connectivity index (χ3v) is 8.98. The van der Waals surface area contributed by atoms with E-state index in [4.69, 9.17) is 0 Å². The predicted octanol–water partition coefficient (Wildman–Crippen LogP) is 5.57. The molecule has 3 unspecified atom stereocenters. The number of para-hydroxylation sites is 1. The van der Waals surface area contributed by atoms with E-state index in [1.54, 1.807) is 10.4 Å². The monoisotopic (exact) mass is 442 g/mol. The van der Waals surface area contributed by atoms with Crippen LogP contribution in [0.1, 0.15) is 40.6 Å². The second-order valence-electron chi connectivity index (χ2n) is 9.09.